The molecule has 1 unspecified atom stereocenters. The molecule has 1 aromatic rings. The minimum absolute atomic E-state index is 0.0348. The summed E-state index contributed by atoms with van der Waals surface area (Å²) in [6, 6.07) is 0.151. The van der Waals surface area contributed by atoms with Crippen molar-refractivity contribution in [1.82, 2.24) is 20.0 Å². The number of likely N-dealkylation sites (tertiary alicyclic amines) is 1. The van der Waals surface area contributed by atoms with Crippen LogP contribution in [0.5, 0.6) is 0 Å². The summed E-state index contributed by atoms with van der Waals surface area (Å²) < 4.78 is 42.3. The Morgan fingerprint density at radius 2 is 1.85 bits per heavy atom. The van der Waals surface area contributed by atoms with E-state index in [2.05, 4.69) is 29.2 Å². The maximum absolute atomic E-state index is 13.6. The number of aromatic nitrogens is 2. The average molecular weight is 386 g/mol. The molecule has 1 aromatic heterocycles. The van der Waals surface area contributed by atoms with Gasteiger partial charge in [0.25, 0.3) is 5.91 Å². The van der Waals surface area contributed by atoms with Gasteiger partial charge in [-0.15, -0.1) is 0 Å². The molecule has 0 spiro atoms. The molecule has 5 nitrogen and oxygen atoms in total. The quantitative estimate of drug-likeness (QED) is 0.853. The van der Waals surface area contributed by atoms with E-state index in [1.165, 1.54) is 4.68 Å². The summed E-state index contributed by atoms with van der Waals surface area (Å²) >= 11 is 0. The monoisotopic (exact) mass is 386 g/mol. The Morgan fingerprint density at radius 3 is 2.44 bits per heavy atom. The number of alkyl halides is 3. The lowest BCUT2D eigenvalue weighted by atomic mass is 10.0. The number of nitrogens with one attached hydrogen (secondary N) is 1. The lowest BCUT2D eigenvalue weighted by molar-refractivity contribution is -0.142. The summed E-state index contributed by atoms with van der Waals surface area (Å²) in [6.07, 6.45) is 0.688. The van der Waals surface area contributed by atoms with Gasteiger partial charge in [-0.1, -0.05) is 12.8 Å². The molecule has 3 rings (SSSR count). The molecule has 8 heteroatoms. The van der Waals surface area contributed by atoms with Crippen LogP contribution in [0.4, 0.5) is 13.2 Å². The fourth-order valence-corrected chi connectivity index (χ4v) is 4.32. The van der Waals surface area contributed by atoms with Crippen LogP contribution in [0.2, 0.25) is 0 Å². The Bertz CT molecular complexity index is 677. The minimum Gasteiger partial charge on any atom is -0.349 e. The molecule has 0 aromatic carbocycles. The van der Waals surface area contributed by atoms with Crippen LogP contribution in [0.3, 0.4) is 0 Å². The van der Waals surface area contributed by atoms with Crippen LogP contribution < -0.4 is 5.32 Å². The maximum Gasteiger partial charge on any atom is 0.435 e. The minimum atomic E-state index is -4.65. The van der Waals surface area contributed by atoms with E-state index in [0.29, 0.717) is 18.3 Å². The van der Waals surface area contributed by atoms with Crippen molar-refractivity contribution in [3.63, 3.8) is 0 Å². The Hall–Kier alpha value is -1.57. The molecule has 0 bridgehead atoms. The van der Waals surface area contributed by atoms with E-state index in [1.807, 2.05) is 0 Å². The molecule has 2 fully saturated rings. The fourth-order valence-electron chi connectivity index (χ4n) is 4.32. The summed E-state index contributed by atoms with van der Waals surface area (Å²) in [7, 11) is 0. The lowest BCUT2D eigenvalue weighted by Gasteiger charge is -2.35. The van der Waals surface area contributed by atoms with Crippen LogP contribution in [-0.4, -0.2) is 45.8 Å². The number of rotatable bonds is 4. The number of hydrogen-bond acceptors (Lipinski definition) is 3. The van der Waals surface area contributed by atoms with Crippen LogP contribution in [0.15, 0.2) is 0 Å². The summed E-state index contributed by atoms with van der Waals surface area (Å²) in [6.45, 7) is 7.34. The van der Waals surface area contributed by atoms with E-state index in [9.17, 15) is 18.0 Å². The molecule has 1 amide bonds. The highest BCUT2D eigenvalue weighted by Crippen LogP contribution is 2.35. The molecular weight excluding hydrogens is 357 g/mol. The van der Waals surface area contributed by atoms with Gasteiger partial charge in [0, 0.05) is 24.3 Å². The van der Waals surface area contributed by atoms with Gasteiger partial charge in [-0.2, -0.15) is 18.3 Å². The van der Waals surface area contributed by atoms with Crippen molar-refractivity contribution in [2.24, 2.45) is 0 Å². The van der Waals surface area contributed by atoms with E-state index in [-0.39, 0.29) is 17.6 Å². The number of carbonyl (C=O) groups excluding carboxylic acids is 1. The zero-order valence-corrected chi connectivity index (χ0v) is 16.3. The maximum atomic E-state index is 13.6. The molecule has 2 heterocycles. The Morgan fingerprint density at radius 1 is 1.19 bits per heavy atom. The van der Waals surface area contributed by atoms with E-state index in [4.69, 9.17) is 0 Å². The highest BCUT2D eigenvalue weighted by atomic mass is 19.4. The van der Waals surface area contributed by atoms with Gasteiger partial charge < -0.3 is 5.32 Å². The third kappa shape index (κ3) is 4.31. The number of nitrogens with zero attached hydrogens (tertiary/aromatic N) is 3. The third-order valence-electron chi connectivity index (χ3n) is 5.84. The number of amides is 1. The molecule has 1 aliphatic heterocycles. The second kappa shape index (κ2) is 7.81. The predicted octanol–water partition coefficient (Wildman–Crippen LogP) is 3.93. The number of carbonyl (C=O) groups is 1. The normalized spacial score (nSPS) is 22.6. The summed E-state index contributed by atoms with van der Waals surface area (Å²) in [5, 5.41) is 6.69. The molecule has 1 saturated carbocycles. The third-order valence-corrected chi connectivity index (χ3v) is 5.84. The van der Waals surface area contributed by atoms with Crippen molar-refractivity contribution in [2.45, 2.75) is 83.6 Å². The molecule has 2 aliphatic rings. The zero-order valence-electron chi connectivity index (χ0n) is 16.3. The van der Waals surface area contributed by atoms with Crippen molar-refractivity contribution in [3.8, 4) is 0 Å². The SMILES string of the molecule is Cc1c(C(=O)NC2CCCC2)c(C(F)(F)F)nn1C1CCCN(C(C)C)C1. The first kappa shape index (κ1) is 20.2. The van der Waals surface area contributed by atoms with Crippen molar-refractivity contribution in [2.75, 3.05) is 13.1 Å². The number of piperidine rings is 1. The van der Waals surface area contributed by atoms with E-state index in [1.54, 1.807) is 6.92 Å². The van der Waals surface area contributed by atoms with Gasteiger partial charge in [0.05, 0.1) is 11.6 Å². The van der Waals surface area contributed by atoms with E-state index in [0.717, 1.165) is 45.1 Å². The second-order valence-corrected chi connectivity index (χ2v) is 8.09. The Kier molecular flexibility index (Phi) is 5.84. The molecule has 1 N–H and O–H groups in total. The van der Waals surface area contributed by atoms with Crippen molar-refractivity contribution < 1.29 is 18.0 Å². The standard InChI is InChI=1S/C19H29F3N4O/c1-12(2)25-10-6-9-15(11-25)26-13(3)16(17(24-26)19(20,21)22)18(27)23-14-7-4-5-8-14/h12,14-15H,4-11H2,1-3H3,(H,23,27). The van der Waals surface area contributed by atoms with Gasteiger partial charge in [0.1, 0.15) is 0 Å². The van der Waals surface area contributed by atoms with E-state index >= 15 is 0 Å². The van der Waals surface area contributed by atoms with Crippen molar-refractivity contribution in [3.05, 3.63) is 17.0 Å². The Labute approximate surface area is 158 Å². The zero-order chi connectivity index (χ0) is 19.8. The molecule has 1 atom stereocenters. The summed E-state index contributed by atoms with van der Waals surface area (Å²) in [5.74, 6) is -0.644. The van der Waals surface area contributed by atoms with Crippen LogP contribution in [-0.2, 0) is 6.18 Å². The molecule has 1 aliphatic carbocycles. The summed E-state index contributed by atoms with van der Waals surface area (Å²) in [4.78, 5) is 14.9. The first-order chi connectivity index (χ1) is 12.7. The van der Waals surface area contributed by atoms with Gasteiger partial charge >= 0.3 is 6.18 Å². The smallest absolute Gasteiger partial charge is 0.349 e. The number of halogens is 3. The Balaban J connectivity index is 1.91. The van der Waals surface area contributed by atoms with Gasteiger partial charge in [-0.25, -0.2) is 0 Å². The van der Waals surface area contributed by atoms with E-state index < -0.39 is 17.8 Å². The fraction of sp³-hybridized carbons (Fsp3) is 0.789. The van der Waals surface area contributed by atoms with Gasteiger partial charge in [-0.3, -0.25) is 14.4 Å². The van der Waals surface area contributed by atoms with Crippen molar-refractivity contribution >= 4 is 5.91 Å². The molecule has 0 radical (unpaired) electrons. The van der Waals surface area contributed by atoms with Gasteiger partial charge in [0.2, 0.25) is 0 Å². The van der Waals surface area contributed by atoms with Gasteiger partial charge in [0.15, 0.2) is 5.69 Å². The highest BCUT2D eigenvalue weighted by Gasteiger charge is 2.42. The second-order valence-electron chi connectivity index (χ2n) is 8.09. The van der Waals surface area contributed by atoms with Crippen molar-refractivity contribution in [1.29, 1.82) is 0 Å². The van der Waals surface area contributed by atoms with Crippen LogP contribution >= 0.6 is 0 Å². The van der Waals surface area contributed by atoms with Gasteiger partial charge in [-0.05, 0) is 53.0 Å². The lowest BCUT2D eigenvalue weighted by Crippen LogP contribution is -2.41. The molecule has 1 saturated heterocycles. The molecular formula is C19H29F3N4O. The largest absolute Gasteiger partial charge is 0.435 e. The molecule has 27 heavy (non-hydrogen) atoms. The first-order valence-corrected chi connectivity index (χ1v) is 9.89. The molecule has 152 valence electrons. The van der Waals surface area contributed by atoms with Crippen LogP contribution in [0.1, 0.15) is 80.2 Å². The predicted molar refractivity (Wildman–Crippen MR) is 96.7 cm³/mol. The van der Waals surface area contributed by atoms with Crippen LogP contribution in [0, 0.1) is 6.92 Å². The highest BCUT2D eigenvalue weighted by molar-refractivity contribution is 5.96. The topological polar surface area (TPSA) is 50.2 Å². The number of hydrogen-bond donors (Lipinski definition) is 1. The average Bonchev–Trinajstić information content (AvgIpc) is 3.22. The summed E-state index contributed by atoms with van der Waals surface area (Å²) in [5.41, 5.74) is -1.05. The first-order valence-electron chi connectivity index (χ1n) is 9.89. The van der Waals surface area contributed by atoms with Crippen LogP contribution in [0.25, 0.3) is 0 Å².